The first-order valence-electron chi connectivity index (χ1n) is 5.09. The first kappa shape index (κ1) is 12.6. The van der Waals surface area contributed by atoms with E-state index in [1.54, 1.807) is 0 Å². The highest BCUT2D eigenvalue weighted by molar-refractivity contribution is 5.83. The molecule has 0 aliphatic rings. The van der Waals surface area contributed by atoms with Crippen LogP contribution in [0.5, 0.6) is 0 Å². The molecule has 0 aromatic rings. The number of ketones is 1. The fourth-order valence-electron chi connectivity index (χ4n) is 1.01. The van der Waals surface area contributed by atoms with Gasteiger partial charge in [0.15, 0.2) is 0 Å². The van der Waals surface area contributed by atoms with Gasteiger partial charge in [-0.3, -0.25) is 4.79 Å². The molecule has 2 heteroatoms. The third-order valence-corrected chi connectivity index (χ3v) is 1.98. The average molecular weight is 186 g/mol. The average Bonchev–Trinajstić information content (AvgIpc) is 2.02. The SMILES string of the molecule is CCOCCCCC(=O)C(C)(C)C. The highest BCUT2D eigenvalue weighted by atomic mass is 16.5. The molecule has 13 heavy (non-hydrogen) atoms. The molecule has 0 rings (SSSR count). The van der Waals surface area contributed by atoms with Crippen LogP contribution in [-0.2, 0) is 9.53 Å². The van der Waals surface area contributed by atoms with E-state index in [-0.39, 0.29) is 5.41 Å². The molecule has 0 saturated carbocycles. The number of hydrogen-bond donors (Lipinski definition) is 0. The summed E-state index contributed by atoms with van der Waals surface area (Å²) in [5.74, 6) is 0.351. The number of carbonyl (C=O) groups is 1. The van der Waals surface area contributed by atoms with Crippen LogP contribution in [0.1, 0.15) is 47.0 Å². The van der Waals surface area contributed by atoms with Crippen molar-refractivity contribution in [2.75, 3.05) is 13.2 Å². The fourth-order valence-corrected chi connectivity index (χ4v) is 1.01. The predicted molar refractivity (Wildman–Crippen MR) is 54.8 cm³/mol. The predicted octanol–water partition coefficient (Wildman–Crippen LogP) is 2.81. The monoisotopic (exact) mass is 186 g/mol. The molecule has 0 aliphatic carbocycles. The Morgan fingerprint density at radius 1 is 1.23 bits per heavy atom. The Hall–Kier alpha value is -0.370. The lowest BCUT2D eigenvalue weighted by Crippen LogP contribution is -2.19. The molecule has 2 nitrogen and oxygen atoms in total. The van der Waals surface area contributed by atoms with Gasteiger partial charge in [0.1, 0.15) is 5.78 Å². The van der Waals surface area contributed by atoms with Gasteiger partial charge in [-0.25, -0.2) is 0 Å². The molecule has 0 unspecified atom stereocenters. The number of ether oxygens (including phenoxy) is 1. The number of hydrogen-bond acceptors (Lipinski definition) is 2. The Morgan fingerprint density at radius 3 is 2.31 bits per heavy atom. The van der Waals surface area contributed by atoms with Crippen molar-refractivity contribution in [3.8, 4) is 0 Å². The Balaban J connectivity index is 3.38. The summed E-state index contributed by atoms with van der Waals surface area (Å²) in [7, 11) is 0. The molecule has 78 valence electrons. The van der Waals surface area contributed by atoms with Crippen molar-refractivity contribution in [3.05, 3.63) is 0 Å². The van der Waals surface area contributed by atoms with Crippen LogP contribution in [0.15, 0.2) is 0 Å². The third-order valence-electron chi connectivity index (χ3n) is 1.98. The second-order valence-corrected chi connectivity index (χ2v) is 4.33. The highest BCUT2D eigenvalue weighted by Gasteiger charge is 2.19. The lowest BCUT2D eigenvalue weighted by Gasteiger charge is -2.15. The first-order valence-corrected chi connectivity index (χ1v) is 5.09. The van der Waals surface area contributed by atoms with Gasteiger partial charge in [-0.05, 0) is 19.8 Å². The standard InChI is InChI=1S/C11H22O2/c1-5-13-9-7-6-8-10(12)11(2,3)4/h5-9H2,1-4H3. The van der Waals surface area contributed by atoms with E-state index in [0.717, 1.165) is 26.1 Å². The van der Waals surface area contributed by atoms with Crippen molar-refractivity contribution in [1.29, 1.82) is 0 Å². The number of carbonyl (C=O) groups excluding carboxylic acids is 1. The van der Waals surface area contributed by atoms with Crippen LogP contribution in [0.25, 0.3) is 0 Å². The largest absolute Gasteiger partial charge is 0.382 e. The smallest absolute Gasteiger partial charge is 0.138 e. The van der Waals surface area contributed by atoms with E-state index >= 15 is 0 Å². The quantitative estimate of drug-likeness (QED) is 0.596. The van der Waals surface area contributed by atoms with Crippen molar-refractivity contribution in [1.82, 2.24) is 0 Å². The summed E-state index contributed by atoms with van der Waals surface area (Å²) in [6.07, 6.45) is 2.64. The van der Waals surface area contributed by atoms with E-state index in [9.17, 15) is 4.79 Å². The molecule has 0 bridgehead atoms. The molecule has 0 fully saturated rings. The second-order valence-electron chi connectivity index (χ2n) is 4.33. The summed E-state index contributed by atoms with van der Waals surface area (Å²) in [6, 6.07) is 0. The fraction of sp³-hybridized carbons (Fsp3) is 0.909. The minimum atomic E-state index is -0.175. The van der Waals surface area contributed by atoms with Gasteiger partial charge in [0.05, 0.1) is 0 Å². The van der Waals surface area contributed by atoms with Gasteiger partial charge >= 0.3 is 0 Å². The van der Waals surface area contributed by atoms with Gasteiger partial charge in [-0.15, -0.1) is 0 Å². The van der Waals surface area contributed by atoms with Crippen molar-refractivity contribution in [3.63, 3.8) is 0 Å². The van der Waals surface area contributed by atoms with Crippen molar-refractivity contribution in [2.24, 2.45) is 5.41 Å². The maximum atomic E-state index is 11.5. The molecule has 0 aromatic carbocycles. The summed E-state index contributed by atoms with van der Waals surface area (Å²) in [4.78, 5) is 11.5. The maximum Gasteiger partial charge on any atom is 0.138 e. The van der Waals surface area contributed by atoms with Gasteiger partial charge in [0.25, 0.3) is 0 Å². The van der Waals surface area contributed by atoms with Gasteiger partial charge < -0.3 is 4.74 Å². The Kier molecular flexibility index (Phi) is 5.97. The van der Waals surface area contributed by atoms with Crippen LogP contribution in [0.3, 0.4) is 0 Å². The van der Waals surface area contributed by atoms with Crippen molar-refractivity contribution >= 4 is 5.78 Å². The highest BCUT2D eigenvalue weighted by Crippen LogP contribution is 2.18. The van der Waals surface area contributed by atoms with Crippen LogP contribution < -0.4 is 0 Å². The lowest BCUT2D eigenvalue weighted by atomic mass is 9.88. The van der Waals surface area contributed by atoms with E-state index in [1.807, 2.05) is 27.7 Å². The van der Waals surface area contributed by atoms with E-state index < -0.39 is 0 Å². The zero-order valence-electron chi connectivity index (χ0n) is 9.35. The van der Waals surface area contributed by atoms with E-state index in [4.69, 9.17) is 4.74 Å². The molecule has 0 N–H and O–H groups in total. The lowest BCUT2D eigenvalue weighted by molar-refractivity contribution is -0.126. The molecule has 0 aromatic heterocycles. The molecular weight excluding hydrogens is 164 g/mol. The molecule has 0 radical (unpaired) electrons. The van der Waals surface area contributed by atoms with E-state index in [2.05, 4.69) is 0 Å². The molecule has 0 amide bonds. The third kappa shape index (κ3) is 6.76. The Morgan fingerprint density at radius 2 is 1.85 bits per heavy atom. The zero-order valence-corrected chi connectivity index (χ0v) is 9.35. The van der Waals surface area contributed by atoms with Gasteiger partial charge in [-0.2, -0.15) is 0 Å². The summed E-state index contributed by atoms with van der Waals surface area (Å²) >= 11 is 0. The van der Waals surface area contributed by atoms with Gasteiger partial charge in [-0.1, -0.05) is 20.8 Å². The molecule has 0 aliphatic heterocycles. The summed E-state index contributed by atoms with van der Waals surface area (Å²) in [5.41, 5.74) is -0.175. The topological polar surface area (TPSA) is 26.3 Å². The van der Waals surface area contributed by atoms with Crippen LogP contribution >= 0.6 is 0 Å². The normalized spacial score (nSPS) is 11.7. The summed E-state index contributed by atoms with van der Waals surface area (Å²) in [5, 5.41) is 0. The number of rotatable bonds is 6. The van der Waals surface area contributed by atoms with Crippen molar-refractivity contribution in [2.45, 2.75) is 47.0 Å². The van der Waals surface area contributed by atoms with Crippen LogP contribution in [0.2, 0.25) is 0 Å². The first-order chi connectivity index (χ1) is 5.98. The molecule has 0 spiro atoms. The summed E-state index contributed by atoms with van der Waals surface area (Å²) in [6.45, 7) is 9.45. The van der Waals surface area contributed by atoms with Crippen molar-refractivity contribution < 1.29 is 9.53 Å². The molecule has 0 atom stereocenters. The summed E-state index contributed by atoms with van der Waals surface area (Å²) < 4.78 is 5.19. The van der Waals surface area contributed by atoms with E-state index in [1.165, 1.54) is 0 Å². The van der Waals surface area contributed by atoms with Gasteiger partial charge in [0, 0.05) is 25.0 Å². The Labute approximate surface area is 81.7 Å². The Bertz CT molecular complexity index is 145. The molecule has 0 saturated heterocycles. The minimum absolute atomic E-state index is 0.175. The number of unbranched alkanes of at least 4 members (excludes halogenated alkanes) is 1. The molecule has 0 heterocycles. The minimum Gasteiger partial charge on any atom is -0.382 e. The number of Topliss-reactive ketones (excluding diaryl/α,β-unsaturated/α-hetero) is 1. The van der Waals surface area contributed by atoms with Crippen LogP contribution in [-0.4, -0.2) is 19.0 Å². The zero-order chi connectivity index (χ0) is 10.3. The molecular formula is C11H22O2. The van der Waals surface area contributed by atoms with Gasteiger partial charge in [0.2, 0.25) is 0 Å². The second kappa shape index (κ2) is 6.14. The van der Waals surface area contributed by atoms with Crippen LogP contribution in [0.4, 0.5) is 0 Å². The maximum absolute atomic E-state index is 11.5. The van der Waals surface area contributed by atoms with E-state index in [0.29, 0.717) is 12.2 Å². The van der Waals surface area contributed by atoms with Crippen LogP contribution in [0, 0.1) is 5.41 Å².